The van der Waals surface area contributed by atoms with Crippen LogP contribution in [0, 0.1) is 0 Å². The van der Waals surface area contributed by atoms with Crippen LogP contribution in [0.4, 0.5) is 0 Å². The lowest BCUT2D eigenvalue weighted by Crippen LogP contribution is -2.48. The molecule has 2 aromatic rings. The molecule has 3 rings (SSSR count). The van der Waals surface area contributed by atoms with E-state index in [9.17, 15) is 0 Å². The first kappa shape index (κ1) is 21.4. The molecule has 6 heteroatoms. The van der Waals surface area contributed by atoms with Gasteiger partial charge in [0.15, 0.2) is 5.96 Å². The Hall–Kier alpha value is -2.34. The van der Waals surface area contributed by atoms with E-state index in [-0.39, 0.29) is 10.8 Å². The first-order valence-electron chi connectivity index (χ1n) is 10.5. The van der Waals surface area contributed by atoms with Gasteiger partial charge in [-0.3, -0.25) is 0 Å². The fraction of sp³-hybridized carbons (Fsp3) is 0.565. The second-order valence-electron chi connectivity index (χ2n) is 8.68. The van der Waals surface area contributed by atoms with E-state index in [1.54, 1.807) is 6.20 Å². The number of nitrogens with zero attached hydrogens (tertiary/aromatic N) is 2. The lowest BCUT2D eigenvalue weighted by atomic mass is 9.74. The van der Waals surface area contributed by atoms with Gasteiger partial charge in [0.25, 0.3) is 0 Å². The molecule has 1 saturated heterocycles. The average Bonchev–Trinajstić information content (AvgIpc) is 3.21. The van der Waals surface area contributed by atoms with Crippen LogP contribution < -0.4 is 10.6 Å². The van der Waals surface area contributed by atoms with E-state index in [1.807, 2.05) is 0 Å². The molecule has 29 heavy (non-hydrogen) atoms. The number of benzene rings is 1. The third-order valence-corrected chi connectivity index (χ3v) is 5.44. The predicted octanol–water partition coefficient (Wildman–Crippen LogP) is 3.78. The lowest BCUT2D eigenvalue weighted by molar-refractivity contribution is 0.0514. The van der Waals surface area contributed by atoms with Crippen molar-refractivity contribution in [3.8, 4) is 0 Å². The van der Waals surface area contributed by atoms with Gasteiger partial charge >= 0.3 is 0 Å². The summed E-state index contributed by atoms with van der Waals surface area (Å²) in [6.45, 7) is 12.0. The zero-order valence-electron chi connectivity index (χ0n) is 18.1. The maximum absolute atomic E-state index is 5.87. The second kappa shape index (κ2) is 9.44. The molecule has 2 N–H and O–H groups in total. The number of aromatic nitrogens is 1. The van der Waals surface area contributed by atoms with E-state index in [4.69, 9.17) is 14.1 Å². The number of rotatable bonds is 6. The first-order chi connectivity index (χ1) is 13.9. The molecule has 1 aromatic heterocycles. The molecule has 1 aliphatic heterocycles. The summed E-state index contributed by atoms with van der Waals surface area (Å²) in [6, 6.07) is 10.7. The van der Waals surface area contributed by atoms with Crippen molar-refractivity contribution in [1.82, 2.24) is 15.6 Å². The number of oxazole rings is 1. The SMILES string of the molecule is CCNC(=NCc1ncc(C(C)(C)C)o1)NCC1(c2ccccc2)CCOCC1. The molecule has 0 amide bonds. The van der Waals surface area contributed by atoms with Gasteiger partial charge in [-0.05, 0) is 25.3 Å². The molecular weight excluding hydrogens is 364 g/mol. The van der Waals surface area contributed by atoms with E-state index in [0.717, 1.165) is 50.9 Å². The molecule has 1 aromatic carbocycles. The van der Waals surface area contributed by atoms with E-state index >= 15 is 0 Å². The summed E-state index contributed by atoms with van der Waals surface area (Å²) < 4.78 is 11.5. The van der Waals surface area contributed by atoms with Gasteiger partial charge in [0.1, 0.15) is 12.3 Å². The summed E-state index contributed by atoms with van der Waals surface area (Å²) in [5, 5.41) is 6.89. The van der Waals surface area contributed by atoms with Crippen molar-refractivity contribution in [2.75, 3.05) is 26.3 Å². The van der Waals surface area contributed by atoms with Crippen LogP contribution in [0.15, 0.2) is 45.9 Å². The van der Waals surface area contributed by atoms with Gasteiger partial charge in [0.2, 0.25) is 5.89 Å². The molecule has 0 bridgehead atoms. The van der Waals surface area contributed by atoms with Crippen molar-refractivity contribution in [2.45, 2.75) is 57.9 Å². The van der Waals surface area contributed by atoms with Crippen LogP contribution >= 0.6 is 0 Å². The Morgan fingerprint density at radius 1 is 1.14 bits per heavy atom. The van der Waals surface area contributed by atoms with E-state index in [2.05, 4.69) is 73.6 Å². The minimum absolute atomic E-state index is 0.0527. The molecule has 1 fully saturated rings. The molecule has 158 valence electrons. The van der Waals surface area contributed by atoms with Crippen molar-refractivity contribution >= 4 is 5.96 Å². The number of aliphatic imine (C=N–C) groups is 1. The fourth-order valence-electron chi connectivity index (χ4n) is 3.59. The van der Waals surface area contributed by atoms with Gasteiger partial charge in [0, 0.05) is 37.1 Å². The van der Waals surface area contributed by atoms with Crippen LogP contribution in [-0.2, 0) is 22.1 Å². The van der Waals surface area contributed by atoms with Crippen LogP contribution in [0.1, 0.15) is 57.8 Å². The largest absolute Gasteiger partial charge is 0.443 e. The number of ether oxygens (including phenoxy) is 1. The Morgan fingerprint density at radius 2 is 1.86 bits per heavy atom. The van der Waals surface area contributed by atoms with Crippen molar-refractivity contribution in [1.29, 1.82) is 0 Å². The Kier molecular flexibility index (Phi) is 6.96. The minimum Gasteiger partial charge on any atom is -0.443 e. The molecule has 6 nitrogen and oxygen atoms in total. The standard InChI is InChI=1S/C23H34N4O2/c1-5-24-21(26-16-20-25-15-19(29-20)22(2,3)4)27-17-23(11-13-28-14-12-23)18-9-7-6-8-10-18/h6-10,15H,5,11-14,16-17H2,1-4H3,(H2,24,26,27). The predicted molar refractivity (Wildman–Crippen MR) is 116 cm³/mol. The summed E-state index contributed by atoms with van der Waals surface area (Å²) in [6.07, 6.45) is 3.80. The molecule has 0 unspecified atom stereocenters. The summed E-state index contributed by atoms with van der Waals surface area (Å²) >= 11 is 0. The van der Waals surface area contributed by atoms with Gasteiger partial charge in [-0.2, -0.15) is 0 Å². The minimum atomic E-state index is -0.0527. The van der Waals surface area contributed by atoms with Crippen molar-refractivity contribution in [3.63, 3.8) is 0 Å². The quantitative estimate of drug-likeness (QED) is 0.572. The maximum Gasteiger partial charge on any atom is 0.216 e. The number of hydrogen-bond acceptors (Lipinski definition) is 4. The molecule has 0 spiro atoms. The van der Waals surface area contributed by atoms with Crippen LogP contribution in [-0.4, -0.2) is 37.2 Å². The van der Waals surface area contributed by atoms with Gasteiger partial charge in [-0.25, -0.2) is 9.98 Å². The third kappa shape index (κ3) is 5.60. The average molecular weight is 399 g/mol. The Balaban J connectivity index is 1.70. The lowest BCUT2D eigenvalue weighted by Gasteiger charge is -2.38. The topological polar surface area (TPSA) is 71.7 Å². The summed E-state index contributed by atoms with van der Waals surface area (Å²) in [5.74, 6) is 2.30. The Bertz CT molecular complexity index is 787. The summed E-state index contributed by atoms with van der Waals surface area (Å²) in [5.41, 5.74) is 1.36. The van der Waals surface area contributed by atoms with Crippen LogP contribution in [0.25, 0.3) is 0 Å². The van der Waals surface area contributed by atoms with Crippen molar-refractivity contribution < 1.29 is 9.15 Å². The number of hydrogen-bond donors (Lipinski definition) is 2. The first-order valence-corrected chi connectivity index (χ1v) is 10.5. The van der Waals surface area contributed by atoms with E-state index in [1.165, 1.54) is 5.56 Å². The molecule has 0 aliphatic carbocycles. The number of nitrogens with one attached hydrogen (secondary N) is 2. The summed E-state index contributed by atoms with van der Waals surface area (Å²) in [4.78, 5) is 9.08. The summed E-state index contributed by atoms with van der Waals surface area (Å²) in [7, 11) is 0. The highest BCUT2D eigenvalue weighted by Gasteiger charge is 2.34. The highest BCUT2D eigenvalue weighted by atomic mass is 16.5. The molecular formula is C23H34N4O2. The molecule has 0 atom stereocenters. The molecule has 1 aliphatic rings. The third-order valence-electron chi connectivity index (χ3n) is 5.44. The van der Waals surface area contributed by atoms with E-state index < -0.39 is 0 Å². The van der Waals surface area contributed by atoms with Crippen molar-refractivity contribution in [3.05, 3.63) is 53.7 Å². The van der Waals surface area contributed by atoms with Gasteiger partial charge in [-0.15, -0.1) is 0 Å². The molecule has 2 heterocycles. The Labute approximate surface area is 174 Å². The van der Waals surface area contributed by atoms with Crippen LogP contribution in [0.2, 0.25) is 0 Å². The Morgan fingerprint density at radius 3 is 2.48 bits per heavy atom. The van der Waals surface area contributed by atoms with Crippen molar-refractivity contribution in [2.24, 2.45) is 4.99 Å². The van der Waals surface area contributed by atoms with Gasteiger partial charge in [0.05, 0.1) is 6.20 Å². The second-order valence-corrected chi connectivity index (χ2v) is 8.68. The smallest absolute Gasteiger partial charge is 0.216 e. The number of guanidine groups is 1. The van der Waals surface area contributed by atoms with Crippen LogP contribution in [0.5, 0.6) is 0 Å². The van der Waals surface area contributed by atoms with Crippen LogP contribution in [0.3, 0.4) is 0 Å². The maximum atomic E-state index is 5.87. The monoisotopic (exact) mass is 398 g/mol. The van der Waals surface area contributed by atoms with Gasteiger partial charge < -0.3 is 19.8 Å². The van der Waals surface area contributed by atoms with E-state index in [0.29, 0.717) is 12.4 Å². The molecule has 0 saturated carbocycles. The zero-order chi connectivity index (χ0) is 20.7. The fourth-order valence-corrected chi connectivity index (χ4v) is 3.59. The zero-order valence-corrected chi connectivity index (χ0v) is 18.1. The highest BCUT2D eigenvalue weighted by molar-refractivity contribution is 5.79. The van der Waals surface area contributed by atoms with Gasteiger partial charge in [-0.1, -0.05) is 51.1 Å². The highest BCUT2D eigenvalue weighted by Crippen LogP contribution is 2.34. The molecule has 0 radical (unpaired) electrons. The normalized spacial score (nSPS) is 17.2.